The Balaban J connectivity index is 2.32. The first-order chi connectivity index (χ1) is 9.65. The summed E-state index contributed by atoms with van der Waals surface area (Å²) in [5, 5.41) is 13.0. The van der Waals surface area contributed by atoms with Crippen molar-refractivity contribution in [3.05, 3.63) is 57.5 Å². The van der Waals surface area contributed by atoms with Crippen molar-refractivity contribution < 1.29 is 4.74 Å². The van der Waals surface area contributed by atoms with Crippen LogP contribution in [0.2, 0.25) is 5.02 Å². The van der Waals surface area contributed by atoms with E-state index in [2.05, 4.69) is 27.3 Å². The largest absolute Gasteiger partial charge is 0.495 e. The number of ether oxygens (including phenoxy) is 1. The molecule has 3 nitrogen and oxygen atoms in total. The number of halogens is 2. The van der Waals surface area contributed by atoms with Crippen LogP contribution in [0.25, 0.3) is 0 Å². The summed E-state index contributed by atoms with van der Waals surface area (Å²) in [4.78, 5) is 0. The minimum absolute atomic E-state index is 0.535. The Bertz CT molecular complexity index is 655. The molecule has 20 heavy (non-hydrogen) atoms. The lowest BCUT2D eigenvalue weighted by Crippen LogP contribution is -2.10. The number of benzene rings is 2. The van der Waals surface area contributed by atoms with Crippen LogP contribution in [0.1, 0.15) is 11.6 Å². The van der Waals surface area contributed by atoms with Crippen LogP contribution in [0.3, 0.4) is 0 Å². The van der Waals surface area contributed by atoms with Gasteiger partial charge in [0.15, 0.2) is 0 Å². The lowest BCUT2D eigenvalue weighted by atomic mass is 10.1. The molecule has 2 aromatic rings. The second kappa shape index (κ2) is 6.65. The lowest BCUT2D eigenvalue weighted by molar-refractivity contribution is 0.416. The van der Waals surface area contributed by atoms with E-state index >= 15 is 0 Å². The first-order valence-electron chi connectivity index (χ1n) is 5.90. The average molecular weight is 352 g/mol. The maximum absolute atomic E-state index is 9.37. The highest BCUT2D eigenvalue weighted by atomic mass is 79.9. The number of hydrogen-bond acceptors (Lipinski definition) is 3. The summed E-state index contributed by atoms with van der Waals surface area (Å²) in [5.74, 6) is 0.681. The molecule has 0 radical (unpaired) electrons. The Kier molecular flexibility index (Phi) is 4.89. The Hall–Kier alpha value is -1.70. The molecule has 0 spiro atoms. The number of hydrogen-bond donors (Lipinski definition) is 1. The van der Waals surface area contributed by atoms with Gasteiger partial charge in [0.1, 0.15) is 11.8 Å². The van der Waals surface area contributed by atoms with Gasteiger partial charge in [-0.05, 0) is 24.3 Å². The summed E-state index contributed by atoms with van der Waals surface area (Å²) in [6.07, 6.45) is 0. The predicted molar refractivity (Wildman–Crippen MR) is 84.1 cm³/mol. The van der Waals surface area contributed by atoms with Gasteiger partial charge in [0.25, 0.3) is 0 Å². The number of rotatable bonds is 4. The Morgan fingerprint density at radius 1 is 1.30 bits per heavy atom. The van der Waals surface area contributed by atoms with Crippen molar-refractivity contribution in [2.24, 2.45) is 0 Å². The van der Waals surface area contributed by atoms with E-state index < -0.39 is 6.04 Å². The second-order valence-electron chi connectivity index (χ2n) is 4.07. The van der Waals surface area contributed by atoms with E-state index in [0.717, 1.165) is 15.7 Å². The molecular formula is C15H12BrClN2O. The van der Waals surface area contributed by atoms with Crippen molar-refractivity contribution in [3.63, 3.8) is 0 Å². The highest BCUT2D eigenvalue weighted by molar-refractivity contribution is 9.10. The van der Waals surface area contributed by atoms with Gasteiger partial charge in [-0.1, -0.05) is 45.7 Å². The maximum Gasteiger partial charge on any atom is 0.141 e. The van der Waals surface area contributed by atoms with Crippen molar-refractivity contribution >= 4 is 33.2 Å². The standard InChI is InChI=1S/C15H12BrClN2O/c1-20-15-5-3-2-4-13(15)19-14(9-18)11-7-6-10(16)8-12(11)17/h2-8,14,19H,1H3. The summed E-state index contributed by atoms with van der Waals surface area (Å²) >= 11 is 9.54. The SMILES string of the molecule is COc1ccccc1NC(C#N)c1ccc(Br)cc1Cl. The smallest absolute Gasteiger partial charge is 0.141 e. The first-order valence-corrected chi connectivity index (χ1v) is 7.07. The zero-order chi connectivity index (χ0) is 14.5. The molecule has 1 unspecified atom stereocenters. The molecule has 1 N–H and O–H groups in total. The minimum Gasteiger partial charge on any atom is -0.495 e. The number of nitrogens with one attached hydrogen (secondary N) is 1. The number of para-hydroxylation sites is 2. The fourth-order valence-electron chi connectivity index (χ4n) is 1.83. The zero-order valence-corrected chi connectivity index (χ0v) is 13.1. The summed E-state index contributed by atoms with van der Waals surface area (Å²) in [6.45, 7) is 0. The van der Waals surface area contributed by atoms with Gasteiger partial charge in [0, 0.05) is 15.1 Å². The molecule has 0 saturated carbocycles. The second-order valence-corrected chi connectivity index (χ2v) is 5.40. The van der Waals surface area contributed by atoms with Crippen molar-refractivity contribution in [2.75, 3.05) is 12.4 Å². The quantitative estimate of drug-likeness (QED) is 0.861. The molecule has 0 fully saturated rings. The monoisotopic (exact) mass is 350 g/mol. The topological polar surface area (TPSA) is 45.0 Å². The summed E-state index contributed by atoms with van der Waals surface area (Å²) in [6, 6.07) is 14.6. The van der Waals surface area contributed by atoms with Crippen LogP contribution in [-0.2, 0) is 0 Å². The van der Waals surface area contributed by atoms with E-state index in [1.807, 2.05) is 36.4 Å². The lowest BCUT2D eigenvalue weighted by Gasteiger charge is -2.17. The molecule has 0 amide bonds. The van der Waals surface area contributed by atoms with Crippen LogP contribution in [0, 0.1) is 11.3 Å². The maximum atomic E-state index is 9.37. The van der Waals surface area contributed by atoms with Crippen molar-refractivity contribution in [1.29, 1.82) is 5.26 Å². The minimum atomic E-state index is -0.549. The molecule has 0 heterocycles. The fraction of sp³-hybridized carbons (Fsp3) is 0.133. The normalized spacial score (nSPS) is 11.5. The Labute approximate surface area is 131 Å². The highest BCUT2D eigenvalue weighted by Crippen LogP contribution is 2.31. The zero-order valence-electron chi connectivity index (χ0n) is 10.7. The third kappa shape index (κ3) is 3.24. The summed E-state index contributed by atoms with van der Waals surface area (Å²) < 4.78 is 6.14. The van der Waals surface area contributed by atoms with Gasteiger partial charge < -0.3 is 10.1 Å². The van der Waals surface area contributed by atoms with E-state index in [1.54, 1.807) is 13.2 Å². The third-order valence-electron chi connectivity index (χ3n) is 2.81. The number of anilines is 1. The third-order valence-corrected chi connectivity index (χ3v) is 3.63. The van der Waals surface area contributed by atoms with Crippen LogP contribution in [0.15, 0.2) is 46.9 Å². The molecule has 1 atom stereocenters. The average Bonchev–Trinajstić information content (AvgIpc) is 2.46. The predicted octanol–water partition coefficient (Wildman–Crippen LogP) is 4.79. The van der Waals surface area contributed by atoms with Crippen molar-refractivity contribution in [3.8, 4) is 11.8 Å². The van der Waals surface area contributed by atoms with Crippen molar-refractivity contribution in [2.45, 2.75) is 6.04 Å². The van der Waals surface area contributed by atoms with E-state index in [9.17, 15) is 5.26 Å². The molecule has 0 aromatic heterocycles. The van der Waals surface area contributed by atoms with E-state index in [4.69, 9.17) is 16.3 Å². The first kappa shape index (κ1) is 14.7. The van der Waals surface area contributed by atoms with E-state index in [1.165, 1.54) is 0 Å². The van der Waals surface area contributed by atoms with Crippen molar-refractivity contribution in [1.82, 2.24) is 0 Å². The van der Waals surface area contributed by atoms with Gasteiger partial charge in [0.2, 0.25) is 0 Å². The molecule has 102 valence electrons. The molecule has 2 rings (SSSR count). The van der Waals surface area contributed by atoms with Gasteiger partial charge in [-0.15, -0.1) is 0 Å². The van der Waals surface area contributed by atoms with Gasteiger partial charge in [0.05, 0.1) is 18.9 Å². The molecule has 2 aromatic carbocycles. The van der Waals surface area contributed by atoms with Crippen LogP contribution in [0.5, 0.6) is 5.75 Å². The van der Waals surface area contributed by atoms with Crippen LogP contribution < -0.4 is 10.1 Å². The summed E-state index contributed by atoms with van der Waals surface area (Å²) in [7, 11) is 1.59. The van der Waals surface area contributed by atoms with Crippen LogP contribution in [0.4, 0.5) is 5.69 Å². The number of nitrogens with zero attached hydrogens (tertiary/aromatic N) is 1. The molecule has 5 heteroatoms. The van der Waals surface area contributed by atoms with E-state index in [0.29, 0.717) is 10.8 Å². The molecule has 0 aliphatic rings. The Morgan fingerprint density at radius 3 is 2.70 bits per heavy atom. The van der Waals surface area contributed by atoms with Gasteiger partial charge in [-0.2, -0.15) is 5.26 Å². The fourth-order valence-corrected chi connectivity index (χ4v) is 2.62. The molecular weight excluding hydrogens is 340 g/mol. The van der Waals surface area contributed by atoms with Gasteiger partial charge in [-0.3, -0.25) is 0 Å². The number of methoxy groups -OCH3 is 1. The van der Waals surface area contributed by atoms with Gasteiger partial charge in [-0.25, -0.2) is 0 Å². The molecule has 0 aliphatic heterocycles. The van der Waals surface area contributed by atoms with Crippen LogP contribution in [-0.4, -0.2) is 7.11 Å². The Morgan fingerprint density at radius 2 is 2.05 bits per heavy atom. The molecule has 0 bridgehead atoms. The van der Waals surface area contributed by atoms with Gasteiger partial charge >= 0.3 is 0 Å². The molecule has 0 aliphatic carbocycles. The molecule has 0 saturated heterocycles. The summed E-state index contributed by atoms with van der Waals surface area (Å²) in [5.41, 5.74) is 1.48. The van der Waals surface area contributed by atoms with Crippen LogP contribution >= 0.6 is 27.5 Å². The highest BCUT2D eigenvalue weighted by Gasteiger charge is 2.15. The van der Waals surface area contributed by atoms with E-state index in [-0.39, 0.29) is 0 Å². The number of nitriles is 1.